The van der Waals surface area contributed by atoms with Crippen LogP contribution in [0.3, 0.4) is 0 Å². The number of rotatable bonds is 13. The van der Waals surface area contributed by atoms with Gasteiger partial charge in [0.05, 0.1) is 25.9 Å². The van der Waals surface area contributed by atoms with Gasteiger partial charge < -0.3 is 19.3 Å². The number of fused-ring (bicyclic) bond motifs is 1. The van der Waals surface area contributed by atoms with Crippen LogP contribution in [0.4, 0.5) is 0 Å². The number of benzene rings is 3. The zero-order chi connectivity index (χ0) is 39.8. The molecule has 14 nitrogen and oxygen atoms in total. The molecule has 5 rings (SSSR count). The number of carbonyl (C=O) groups is 1. The van der Waals surface area contributed by atoms with Crippen LogP contribution in [-0.2, 0) is 40.2 Å². The summed E-state index contributed by atoms with van der Waals surface area (Å²) in [6, 6.07) is 13.2. The average Bonchev–Trinajstić information content (AvgIpc) is 3.69. The predicted octanol–water partition coefficient (Wildman–Crippen LogP) is 6.54. The number of H-pyrrole nitrogens is 1. The Morgan fingerprint density at radius 1 is 0.852 bits per heavy atom. The van der Waals surface area contributed by atoms with E-state index in [2.05, 4.69) is 20.0 Å². The number of esters is 1. The van der Waals surface area contributed by atoms with E-state index in [9.17, 15) is 26.7 Å². The maximum atomic E-state index is 13.9. The molecule has 2 heterocycles. The summed E-state index contributed by atoms with van der Waals surface area (Å²) in [5.74, 6) is -0.622. The zero-order valence-corrected chi connectivity index (χ0v) is 33.7. The number of ether oxygens (including phenoxy) is 3. The fourth-order valence-electron chi connectivity index (χ4n) is 5.16. The van der Waals surface area contributed by atoms with Gasteiger partial charge in [0.25, 0.3) is 0 Å². The number of phenolic OH excluding ortho intramolecular Hbond substituents is 1. The highest BCUT2D eigenvalue weighted by Gasteiger charge is 2.29. The van der Waals surface area contributed by atoms with Gasteiger partial charge in [-0.3, -0.25) is 5.10 Å². The molecular formula is C36H41Cl2N5O9S2. The van der Waals surface area contributed by atoms with Gasteiger partial charge in [0, 0.05) is 17.2 Å². The molecule has 18 heteroatoms. The lowest BCUT2D eigenvalue weighted by Crippen LogP contribution is -2.29. The molecule has 0 aliphatic heterocycles. The Morgan fingerprint density at radius 2 is 1.50 bits per heavy atom. The molecule has 0 fully saturated rings. The van der Waals surface area contributed by atoms with E-state index in [1.807, 2.05) is 47.6 Å². The number of carbonyl (C=O) groups excluding carboxylic acids is 1. The Bertz CT molecular complexity index is 2420. The first-order valence-electron chi connectivity index (χ1n) is 16.6. The SMILES string of the molecule is CC(NS(=O)(=O)c1cc(C(C)(C)C)ccc1OCC(=O)OCCOc1ccc(S(=O)(=O)c2ccc(O)c(Cl)c2)cc1Cl)c1nnc2cc(C(C)(C)C)[nH]n12. The summed E-state index contributed by atoms with van der Waals surface area (Å²) in [5.41, 5.74) is 1.57. The first-order chi connectivity index (χ1) is 25.1. The highest BCUT2D eigenvalue weighted by Crippen LogP contribution is 2.34. The Morgan fingerprint density at radius 3 is 2.13 bits per heavy atom. The molecule has 0 aliphatic carbocycles. The van der Waals surface area contributed by atoms with Crippen molar-refractivity contribution < 1.29 is 40.9 Å². The van der Waals surface area contributed by atoms with Gasteiger partial charge in [-0.05, 0) is 66.4 Å². The molecule has 1 atom stereocenters. The van der Waals surface area contributed by atoms with Crippen LogP contribution in [0.1, 0.15) is 71.6 Å². The number of halogens is 2. The fraction of sp³-hybridized carbons (Fsp3) is 0.361. The minimum Gasteiger partial charge on any atom is -0.506 e. The summed E-state index contributed by atoms with van der Waals surface area (Å²) < 4.78 is 74.6. The molecule has 290 valence electrons. The fourth-order valence-corrected chi connectivity index (χ4v) is 8.39. The molecule has 1 unspecified atom stereocenters. The number of aromatic amines is 1. The van der Waals surface area contributed by atoms with E-state index in [4.69, 9.17) is 37.4 Å². The van der Waals surface area contributed by atoms with Crippen molar-refractivity contribution in [2.24, 2.45) is 0 Å². The predicted molar refractivity (Wildman–Crippen MR) is 202 cm³/mol. The van der Waals surface area contributed by atoms with Crippen LogP contribution in [0, 0.1) is 0 Å². The van der Waals surface area contributed by atoms with E-state index in [0.717, 1.165) is 17.3 Å². The summed E-state index contributed by atoms with van der Waals surface area (Å²) in [5, 5.41) is 21.1. The van der Waals surface area contributed by atoms with Crippen LogP contribution in [0.5, 0.6) is 17.2 Å². The summed E-state index contributed by atoms with van der Waals surface area (Å²) in [6.07, 6.45) is 0. The van der Waals surface area contributed by atoms with Gasteiger partial charge in [0.1, 0.15) is 35.4 Å². The van der Waals surface area contributed by atoms with Gasteiger partial charge >= 0.3 is 5.97 Å². The minimum atomic E-state index is -4.23. The molecule has 0 saturated carbocycles. The van der Waals surface area contributed by atoms with Crippen LogP contribution in [-0.4, -0.2) is 67.5 Å². The Kier molecular flexibility index (Phi) is 11.7. The molecule has 2 aromatic heterocycles. The molecule has 0 bridgehead atoms. The van der Waals surface area contributed by atoms with Gasteiger partial charge in [0.15, 0.2) is 18.1 Å². The maximum absolute atomic E-state index is 13.9. The smallest absolute Gasteiger partial charge is 0.344 e. The third-order valence-corrected chi connectivity index (χ3v) is 12.1. The van der Waals surface area contributed by atoms with E-state index >= 15 is 0 Å². The van der Waals surface area contributed by atoms with E-state index in [1.54, 1.807) is 17.5 Å². The molecule has 3 N–H and O–H groups in total. The van der Waals surface area contributed by atoms with Crippen LogP contribution >= 0.6 is 23.2 Å². The third-order valence-electron chi connectivity index (χ3n) is 8.24. The van der Waals surface area contributed by atoms with Gasteiger partial charge in [-0.25, -0.2) is 30.9 Å². The number of nitrogens with zero attached hydrogens (tertiary/aromatic N) is 3. The number of hydrogen-bond acceptors (Lipinski definition) is 11. The first-order valence-corrected chi connectivity index (χ1v) is 20.4. The molecule has 0 spiro atoms. The molecule has 54 heavy (non-hydrogen) atoms. The molecule has 5 aromatic rings. The number of aromatic hydroxyl groups is 1. The van der Waals surface area contributed by atoms with Crippen molar-refractivity contribution in [3.8, 4) is 17.2 Å². The lowest BCUT2D eigenvalue weighted by atomic mass is 9.87. The van der Waals surface area contributed by atoms with Crippen molar-refractivity contribution in [1.29, 1.82) is 0 Å². The Balaban J connectivity index is 1.22. The van der Waals surface area contributed by atoms with Crippen LogP contribution in [0.25, 0.3) is 5.65 Å². The number of hydrogen-bond donors (Lipinski definition) is 3. The van der Waals surface area contributed by atoms with Crippen molar-refractivity contribution in [2.75, 3.05) is 19.8 Å². The van der Waals surface area contributed by atoms with E-state index < -0.39 is 43.9 Å². The number of sulfone groups is 1. The lowest BCUT2D eigenvalue weighted by molar-refractivity contribution is -0.146. The van der Waals surface area contributed by atoms with Crippen LogP contribution in [0.2, 0.25) is 10.0 Å². The second-order valence-corrected chi connectivity index (χ2v) is 18.9. The number of phenols is 1. The van der Waals surface area contributed by atoms with Crippen molar-refractivity contribution in [1.82, 2.24) is 24.5 Å². The van der Waals surface area contributed by atoms with Crippen molar-refractivity contribution in [3.05, 3.63) is 87.8 Å². The zero-order valence-electron chi connectivity index (χ0n) is 30.6. The highest BCUT2D eigenvalue weighted by molar-refractivity contribution is 7.91. The van der Waals surface area contributed by atoms with Crippen LogP contribution < -0.4 is 14.2 Å². The van der Waals surface area contributed by atoms with Crippen molar-refractivity contribution >= 4 is 54.7 Å². The maximum Gasteiger partial charge on any atom is 0.344 e. The minimum absolute atomic E-state index is 0.0121. The molecule has 0 saturated heterocycles. The van der Waals surface area contributed by atoms with E-state index in [1.165, 1.54) is 42.5 Å². The largest absolute Gasteiger partial charge is 0.506 e. The topological polar surface area (TPSA) is 191 Å². The number of aromatic nitrogens is 4. The summed E-state index contributed by atoms with van der Waals surface area (Å²) in [4.78, 5) is 12.2. The molecular weight excluding hydrogens is 781 g/mol. The quantitative estimate of drug-likeness (QED) is 0.0864. The van der Waals surface area contributed by atoms with Gasteiger partial charge in [-0.2, -0.15) is 0 Å². The van der Waals surface area contributed by atoms with E-state index in [0.29, 0.717) is 11.5 Å². The lowest BCUT2D eigenvalue weighted by Gasteiger charge is -2.22. The van der Waals surface area contributed by atoms with Crippen molar-refractivity contribution in [2.45, 2.75) is 80.0 Å². The average molecular weight is 823 g/mol. The highest BCUT2D eigenvalue weighted by atomic mass is 35.5. The third kappa shape index (κ3) is 9.12. The standard InChI is InChI=1S/C36H41Cl2N5O9S2/c1-21(34-40-39-32-19-31(36(5,6)7)41-43(32)34)42-54(48,49)30-16-22(35(2,3)4)8-12-29(30)52-20-33(45)51-15-14-50-28-13-10-24(18-26(28)38)53(46,47)23-9-11-27(44)25(37)17-23/h8-13,16-19,21,41-42,44H,14-15,20H2,1-7H3. The molecule has 3 aromatic carbocycles. The second-order valence-electron chi connectivity index (χ2n) is 14.5. The Hall–Kier alpha value is -4.35. The number of sulfonamides is 1. The molecule has 0 amide bonds. The normalized spacial score (nSPS) is 13.2. The van der Waals surface area contributed by atoms with Gasteiger partial charge in [-0.1, -0.05) is 70.8 Å². The molecule has 0 radical (unpaired) electrons. The van der Waals surface area contributed by atoms with Gasteiger partial charge in [-0.15, -0.1) is 10.2 Å². The molecule has 0 aliphatic rings. The summed E-state index contributed by atoms with van der Waals surface area (Å²) in [7, 11) is -8.23. The van der Waals surface area contributed by atoms with E-state index in [-0.39, 0.29) is 60.6 Å². The van der Waals surface area contributed by atoms with Crippen LogP contribution in [0.15, 0.2) is 75.4 Å². The number of nitrogens with one attached hydrogen (secondary N) is 2. The first kappa shape index (κ1) is 40.8. The monoisotopic (exact) mass is 821 g/mol. The Labute approximate surface area is 323 Å². The second kappa shape index (κ2) is 15.4. The summed E-state index contributed by atoms with van der Waals surface area (Å²) >= 11 is 12.2. The van der Waals surface area contributed by atoms with Gasteiger partial charge in [0.2, 0.25) is 19.9 Å². The summed E-state index contributed by atoms with van der Waals surface area (Å²) in [6.45, 7) is 12.6. The van der Waals surface area contributed by atoms with Crippen molar-refractivity contribution in [3.63, 3.8) is 0 Å².